The summed E-state index contributed by atoms with van der Waals surface area (Å²) in [6.45, 7) is 4.92. The lowest BCUT2D eigenvalue weighted by atomic mass is 9.96. The van der Waals surface area contributed by atoms with Gasteiger partial charge in [0.1, 0.15) is 11.8 Å². The zero-order valence-electron chi connectivity index (χ0n) is 18.7. The van der Waals surface area contributed by atoms with E-state index in [1.165, 1.54) is 22.8 Å². The number of carbonyl (C=O) groups excluding carboxylic acids is 2. The van der Waals surface area contributed by atoms with Gasteiger partial charge in [-0.15, -0.1) is 0 Å². The fourth-order valence-corrected chi connectivity index (χ4v) is 5.05. The number of hydrogen-bond donors (Lipinski definition) is 0. The van der Waals surface area contributed by atoms with E-state index in [0.717, 1.165) is 0 Å². The first-order chi connectivity index (χ1) is 16.3. The second-order valence-corrected chi connectivity index (χ2v) is 8.87. The molecular weight excluding hydrogens is 476 g/mol. The van der Waals surface area contributed by atoms with E-state index in [9.17, 15) is 14.4 Å². The molecule has 1 aromatic heterocycles. The Labute approximate surface area is 204 Å². The van der Waals surface area contributed by atoms with Crippen LogP contribution in [0.3, 0.4) is 0 Å². The third-order valence-corrected chi connectivity index (χ3v) is 6.50. The number of halogens is 1. The summed E-state index contributed by atoms with van der Waals surface area (Å²) in [4.78, 5) is 43.0. The van der Waals surface area contributed by atoms with Gasteiger partial charge < -0.3 is 9.47 Å². The maximum Gasteiger partial charge on any atom is 0.338 e. The Balaban J connectivity index is 1.97. The van der Waals surface area contributed by atoms with E-state index in [1.807, 2.05) is 0 Å². The molecule has 7 nitrogen and oxygen atoms in total. The normalized spacial score (nSPS) is 15.5. The number of fused-ring (bicyclic) bond motifs is 1. The molecule has 174 valence electrons. The van der Waals surface area contributed by atoms with Gasteiger partial charge in [-0.25, -0.2) is 9.79 Å². The van der Waals surface area contributed by atoms with Gasteiger partial charge in [-0.3, -0.25) is 14.2 Å². The third-order valence-electron chi connectivity index (χ3n) is 5.18. The lowest BCUT2D eigenvalue weighted by Crippen LogP contribution is -2.40. The van der Waals surface area contributed by atoms with Crippen LogP contribution in [-0.4, -0.2) is 23.1 Å². The van der Waals surface area contributed by atoms with Crippen LogP contribution in [0, 0.1) is 0 Å². The fourth-order valence-electron chi connectivity index (χ4n) is 3.77. The van der Waals surface area contributed by atoms with Crippen molar-refractivity contribution in [1.29, 1.82) is 0 Å². The highest BCUT2D eigenvalue weighted by Gasteiger charge is 2.34. The molecule has 0 spiro atoms. The van der Waals surface area contributed by atoms with E-state index in [-0.39, 0.29) is 17.7 Å². The maximum atomic E-state index is 13.6. The molecule has 0 saturated heterocycles. The average molecular weight is 497 g/mol. The fraction of sp³-hybridized carbons (Fsp3) is 0.200. The van der Waals surface area contributed by atoms with Crippen LogP contribution in [0.1, 0.15) is 37.9 Å². The number of hydrogen-bond acceptors (Lipinski definition) is 7. The van der Waals surface area contributed by atoms with E-state index in [1.54, 1.807) is 68.5 Å². The van der Waals surface area contributed by atoms with Gasteiger partial charge in [0.05, 0.1) is 22.4 Å². The zero-order valence-corrected chi connectivity index (χ0v) is 20.3. The minimum Gasteiger partial charge on any atom is -0.463 e. The predicted molar refractivity (Wildman–Crippen MR) is 130 cm³/mol. The Bertz CT molecular complexity index is 1500. The highest BCUT2D eigenvalue weighted by molar-refractivity contribution is 7.07. The van der Waals surface area contributed by atoms with E-state index in [0.29, 0.717) is 36.9 Å². The number of benzene rings is 2. The molecule has 9 heteroatoms. The summed E-state index contributed by atoms with van der Waals surface area (Å²) in [5.74, 6) is -0.675. The van der Waals surface area contributed by atoms with Crippen molar-refractivity contribution in [1.82, 2.24) is 4.57 Å². The molecule has 3 aromatic rings. The number of nitrogens with zero attached hydrogens (tertiary/aromatic N) is 2. The average Bonchev–Trinajstić information content (AvgIpc) is 3.09. The molecule has 0 unspecified atom stereocenters. The van der Waals surface area contributed by atoms with Crippen molar-refractivity contribution in [3.8, 4) is 5.75 Å². The highest BCUT2D eigenvalue weighted by atomic mass is 35.5. The van der Waals surface area contributed by atoms with Gasteiger partial charge in [0.25, 0.3) is 5.56 Å². The monoisotopic (exact) mass is 496 g/mol. The quantitative estimate of drug-likeness (QED) is 0.399. The third kappa shape index (κ3) is 4.47. The molecule has 0 amide bonds. The molecule has 1 aliphatic rings. The van der Waals surface area contributed by atoms with E-state index >= 15 is 0 Å². The number of thiazole rings is 1. The van der Waals surface area contributed by atoms with E-state index in [4.69, 9.17) is 21.1 Å². The maximum absolute atomic E-state index is 13.6. The Morgan fingerprint density at radius 1 is 1.18 bits per heavy atom. The van der Waals surface area contributed by atoms with Crippen molar-refractivity contribution in [2.45, 2.75) is 26.8 Å². The van der Waals surface area contributed by atoms with Crippen LogP contribution in [0.2, 0.25) is 5.02 Å². The number of esters is 2. The second kappa shape index (κ2) is 9.79. The molecule has 0 aliphatic carbocycles. The summed E-state index contributed by atoms with van der Waals surface area (Å²) >= 11 is 7.68. The Kier molecular flexibility index (Phi) is 6.81. The minimum absolute atomic E-state index is 0.183. The van der Waals surface area contributed by atoms with E-state index in [2.05, 4.69) is 4.99 Å². The predicted octanol–water partition coefficient (Wildman–Crippen LogP) is 3.38. The van der Waals surface area contributed by atoms with Gasteiger partial charge in [0.2, 0.25) is 0 Å². The Morgan fingerprint density at radius 3 is 2.59 bits per heavy atom. The molecule has 4 rings (SSSR count). The Morgan fingerprint density at radius 2 is 1.88 bits per heavy atom. The molecule has 1 atom stereocenters. The summed E-state index contributed by atoms with van der Waals surface area (Å²) in [6, 6.07) is 13.2. The van der Waals surface area contributed by atoms with Gasteiger partial charge in [-0.2, -0.15) is 0 Å². The minimum atomic E-state index is -0.796. The summed E-state index contributed by atoms with van der Waals surface area (Å²) < 4.78 is 12.4. The van der Waals surface area contributed by atoms with Gasteiger partial charge in [-0.1, -0.05) is 59.3 Å². The highest BCUT2D eigenvalue weighted by Crippen LogP contribution is 2.34. The van der Waals surface area contributed by atoms with Gasteiger partial charge in [-0.05, 0) is 37.6 Å². The number of ether oxygens (including phenoxy) is 2. The topological polar surface area (TPSA) is 87.0 Å². The number of allylic oxidation sites excluding steroid dienone is 1. The van der Waals surface area contributed by atoms with Gasteiger partial charge in [0, 0.05) is 17.5 Å². The molecule has 2 heterocycles. The van der Waals surface area contributed by atoms with Gasteiger partial charge >= 0.3 is 11.9 Å². The van der Waals surface area contributed by atoms with Crippen LogP contribution in [-0.2, 0) is 14.3 Å². The first-order valence-corrected chi connectivity index (χ1v) is 11.7. The van der Waals surface area contributed by atoms with Crippen LogP contribution in [0.5, 0.6) is 5.75 Å². The summed E-state index contributed by atoms with van der Waals surface area (Å²) in [5.41, 5.74) is 1.53. The smallest absolute Gasteiger partial charge is 0.338 e. The summed E-state index contributed by atoms with van der Waals surface area (Å²) in [7, 11) is 0. The molecule has 0 bridgehead atoms. The van der Waals surface area contributed by atoms with Crippen LogP contribution in [0.25, 0.3) is 6.08 Å². The molecule has 0 N–H and O–H groups in total. The summed E-state index contributed by atoms with van der Waals surface area (Å²) in [5, 5.41) is 0.416. The molecule has 0 fully saturated rings. The number of carbonyl (C=O) groups is 2. The largest absolute Gasteiger partial charge is 0.463 e. The molecule has 1 aliphatic heterocycles. The molecule has 0 radical (unpaired) electrons. The van der Waals surface area contributed by atoms with Crippen LogP contribution in [0.4, 0.5) is 0 Å². The van der Waals surface area contributed by atoms with Gasteiger partial charge in [0.15, 0.2) is 4.80 Å². The van der Waals surface area contributed by atoms with Crippen molar-refractivity contribution in [3.63, 3.8) is 0 Å². The number of para-hydroxylation sites is 1. The molecular formula is C25H21ClN2O5S. The standard InChI is InChI=1S/C25H21ClN2O5S/c1-4-32-24(31)21-14(2)27-25-28(22(21)17-10-6-7-11-18(17)26)23(30)20(34-25)13-16-9-5-8-12-19(16)33-15(3)29/h5-13,22H,4H2,1-3H3/b20-13+/t22-/m0/s1. The molecule has 2 aromatic carbocycles. The van der Waals surface area contributed by atoms with Crippen LogP contribution >= 0.6 is 22.9 Å². The SMILES string of the molecule is CCOC(=O)C1=C(C)N=c2s/c(=C/c3ccccc3OC(C)=O)c(=O)n2[C@H]1c1ccccc1Cl. The second-order valence-electron chi connectivity index (χ2n) is 7.46. The van der Waals surface area contributed by atoms with Crippen LogP contribution < -0.4 is 19.6 Å². The molecule has 34 heavy (non-hydrogen) atoms. The zero-order chi connectivity index (χ0) is 24.4. The van der Waals surface area contributed by atoms with Crippen molar-refractivity contribution >= 4 is 41.0 Å². The lowest BCUT2D eigenvalue weighted by Gasteiger charge is -2.25. The van der Waals surface area contributed by atoms with Crippen molar-refractivity contribution < 1.29 is 19.1 Å². The van der Waals surface area contributed by atoms with Crippen molar-refractivity contribution in [2.24, 2.45) is 4.99 Å². The first kappa shape index (κ1) is 23.7. The van der Waals surface area contributed by atoms with Crippen molar-refractivity contribution in [2.75, 3.05) is 6.61 Å². The molecule has 0 saturated carbocycles. The number of rotatable bonds is 5. The summed E-state index contributed by atoms with van der Waals surface area (Å²) in [6.07, 6.45) is 1.65. The first-order valence-electron chi connectivity index (χ1n) is 10.5. The lowest BCUT2D eigenvalue weighted by molar-refractivity contribution is -0.139. The Hall–Kier alpha value is -3.49. The van der Waals surface area contributed by atoms with Crippen molar-refractivity contribution in [3.05, 3.63) is 95.6 Å². The van der Waals surface area contributed by atoms with E-state index < -0.39 is 18.0 Å². The number of aromatic nitrogens is 1. The van der Waals surface area contributed by atoms with Crippen LogP contribution in [0.15, 0.2) is 69.6 Å².